The quantitative estimate of drug-likeness (QED) is 0.723. The topological polar surface area (TPSA) is 47.6 Å². The van der Waals surface area contributed by atoms with Crippen molar-refractivity contribution in [1.82, 2.24) is 20.7 Å². The molecule has 2 saturated heterocycles. The fourth-order valence-electron chi connectivity index (χ4n) is 4.71. The summed E-state index contributed by atoms with van der Waals surface area (Å²) in [5.41, 5.74) is 5.72. The number of amides is 1. The van der Waals surface area contributed by atoms with E-state index in [1.807, 2.05) is 0 Å². The molecule has 0 radical (unpaired) electrons. The highest BCUT2D eigenvalue weighted by atomic mass is 79.9. The first kappa shape index (κ1) is 17.6. The molecule has 0 aromatic carbocycles. The first-order valence-electron chi connectivity index (χ1n) is 9.23. The SMILES string of the molecule is CC1CCCCC1C(C)N1CCN(C2CNNC(=O)C2Br)CC1. The second-order valence-electron chi connectivity index (χ2n) is 7.58. The number of nitrogens with one attached hydrogen (secondary N) is 2. The average Bonchev–Trinajstić information content (AvgIpc) is 2.57. The van der Waals surface area contributed by atoms with Gasteiger partial charge in [-0.2, -0.15) is 0 Å². The molecule has 1 saturated carbocycles. The molecule has 6 heteroatoms. The lowest BCUT2D eigenvalue weighted by molar-refractivity contribution is -0.124. The van der Waals surface area contributed by atoms with E-state index in [1.165, 1.54) is 25.7 Å². The van der Waals surface area contributed by atoms with Crippen molar-refractivity contribution >= 4 is 21.8 Å². The largest absolute Gasteiger partial charge is 0.298 e. The molecule has 2 aliphatic heterocycles. The Hall–Kier alpha value is -0.170. The van der Waals surface area contributed by atoms with E-state index in [-0.39, 0.29) is 16.8 Å². The van der Waals surface area contributed by atoms with E-state index in [9.17, 15) is 4.79 Å². The van der Waals surface area contributed by atoms with Gasteiger partial charge in [0.25, 0.3) is 0 Å². The maximum absolute atomic E-state index is 11.8. The van der Waals surface area contributed by atoms with E-state index in [0.29, 0.717) is 6.04 Å². The number of carbonyl (C=O) groups is 1. The van der Waals surface area contributed by atoms with Gasteiger partial charge < -0.3 is 0 Å². The van der Waals surface area contributed by atoms with Crippen LogP contribution < -0.4 is 10.9 Å². The Labute approximate surface area is 148 Å². The lowest BCUT2D eigenvalue weighted by Crippen LogP contribution is -2.64. The summed E-state index contributed by atoms with van der Waals surface area (Å²) in [6.07, 6.45) is 5.64. The van der Waals surface area contributed by atoms with Crippen LogP contribution in [0, 0.1) is 11.8 Å². The minimum Gasteiger partial charge on any atom is -0.298 e. The van der Waals surface area contributed by atoms with Gasteiger partial charge in [-0.15, -0.1) is 0 Å². The number of hydrogen-bond donors (Lipinski definition) is 2. The van der Waals surface area contributed by atoms with Crippen LogP contribution in [0.25, 0.3) is 0 Å². The van der Waals surface area contributed by atoms with Crippen LogP contribution in [0.4, 0.5) is 0 Å². The van der Waals surface area contributed by atoms with Crippen molar-refractivity contribution in [3.05, 3.63) is 0 Å². The smallest absolute Gasteiger partial charge is 0.249 e. The predicted molar refractivity (Wildman–Crippen MR) is 96.4 cm³/mol. The lowest BCUT2D eigenvalue weighted by Gasteiger charge is -2.46. The Morgan fingerprint density at radius 2 is 1.87 bits per heavy atom. The maximum atomic E-state index is 11.8. The summed E-state index contributed by atoms with van der Waals surface area (Å²) in [5, 5.41) is 0. The Morgan fingerprint density at radius 1 is 1.17 bits per heavy atom. The minimum absolute atomic E-state index is 0.0491. The molecule has 1 amide bonds. The highest BCUT2D eigenvalue weighted by molar-refractivity contribution is 9.10. The molecule has 2 N–H and O–H groups in total. The molecular weight excluding hydrogens is 356 g/mol. The van der Waals surface area contributed by atoms with Gasteiger partial charge in [0.15, 0.2) is 0 Å². The van der Waals surface area contributed by atoms with Crippen LogP contribution in [0.15, 0.2) is 0 Å². The van der Waals surface area contributed by atoms with Gasteiger partial charge in [0.05, 0.1) is 0 Å². The molecule has 5 atom stereocenters. The summed E-state index contributed by atoms with van der Waals surface area (Å²) in [5.74, 6) is 1.78. The maximum Gasteiger partial charge on any atom is 0.249 e. The summed E-state index contributed by atoms with van der Waals surface area (Å²) in [4.78, 5) is 16.9. The minimum atomic E-state index is -0.105. The fraction of sp³-hybridized carbons (Fsp3) is 0.941. The standard InChI is InChI=1S/C17H31BrN4O/c1-12-5-3-4-6-14(12)13(2)21-7-9-22(10-8-21)15-11-19-20-17(23)16(15)18/h12-16,19H,3-11H2,1-2H3,(H,20,23). The normalized spacial score (nSPS) is 39.0. The summed E-state index contributed by atoms with van der Waals surface area (Å²) < 4.78 is 0. The molecule has 0 aromatic rings. The summed E-state index contributed by atoms with van der Waals surface area (Å²) in [6, 6.07) is 0.954. The first-order chi connectivity index (χ1) is 11.1. The Morgan fingerprint density at radius 3 is 2.57 bits per heavy atom. The van der Waals surface area contributed by atoms with Crippen LogP contribution in [0.5, 0.6) is 0 Å². The summed E-state index contributed by atoms with van der Waals surface area (Å²) in [7, 11) is 0. The van der Waals surface area contributed by atoms with E-state index >= 15 is 0 Å². The predicted octanol–water partition coefficient (Wildman–Crippen LogP) is 1.59. The monoisotopic (exact) mass is 386 g/mol. The van der Waals surface area contributed by atoms with E-state index in [0.717, 1.165) is 44.6 Å². The highest BCUT2D eigenvalue weighted by Crippen LogP contribution is 2.34. The van der Waals surface area contributed by atoms with Crippen LogP contribution in [-0.2, 0) is 4.79 Å². The van der Waals surface area contributed by atoms with Crippen LogP contribution in [-0.4, -0.2) is 65.3 Å². The molecule has 23 heavy (non-hydrogen) atoms. The zero-order valence-electron chi connectivity index (χ0n) is 14.4. The van der Waals surface area contributed by atoms with Crippen LogP contribution in [0.3, 0.4) is 0 Å². The number of hydrogen-bond acceptors (Lipinski definition) is 4. The van der Waals surface area contributed by atoms with E-state index in [1.54, 1.807) is 0 Å². The molecule has 0 bridgehead atoms. The highest BCUT2D eigenvalue weighted by Gasteiger charge is 2.37. The van der Waals surface area contributed by atoms with Crippen molar-refractivity contribution in [2.45, 2.75) is 56.4 Å². The average molecular weight is 387 g/mol. The number of rotatable bonds is 3. The zero-order valence-corrected chi connectivity index (χ0v) is 16.0. The fourth-order valence-corrected chi connectivity index (χ4v) is 5.35. The van der Waals surface area contributed by atoms with Gasteiger partial charge >= 0.3 is 0 Å². The Balaban J connectivity index is 1.52. The van der Waals surface area contributed by atoms with Gasteiger partial charge in [-0.25, -0.2) is 5.43 Å². The molecule has 0 aromatic heterocycles. The van der Waals surface area contributed by atoms with Gasteiger partial charge in [-0.05, 0) is 25.2 Å². The van der Waals surface area contributed by atoms with Gasteiger partial charge in [0, 0.05) is 44.8 Å². The second kappa shape index (κ2) is 7.81. The lowest BCUT2D eigenvalue weighted by atomic mass is 9.76. The zero-order chi connectivity index (χ0) is 16.4. The van der Waals surface area contributed by atoms with Crippen molar-refractivity contribution in [3.8, 4) is 0 Å². The Kier molecular flexibility index (Phi) is 5.99. The molecule has 1 aliphatic carbocycles. The number of hydrazine groups is 1. The Bertz CT molecular complexity index is 413. The third kappa shape index (κ3) is 3.91. The van der Waals surface area contributed by atoms with Gasteiger partial charge in [-0.3, -0.25) is 20.0 Å². The summed E-state index contributed by atoms with van der Waals surface area (Å²) >= 11 is 3.56. The van der Waals surface area contributed by atoms with Crippen molar-refractivity contribution < 1.29 is 4.79 Å². The van der Waals surface area contributed by atoms with E-state index in [2.05, 4.69) is 50.4 Å². The second-order valence-corrected chi connectivity index (χ2v) is 8.56. The molecule has 0 spiro atoms. The van der Waals surface area contributed by atoms with Crippen molar-refractivity contribution in [3.63, 3.8) is 0 Å². The van der Waals surface area contributed by atoms with E-state index in [4.69, 9.17) is 0 Å². The van der Waals surface area contributed by atoms with Crippen molar-refractivity contribution in [2.24, 2.45) is 11.8 Å². The molecule has 5 unspecified atom stereocenters. The van der Waals surface area contributed by atoms with Crippen LogP contribution in [0.1, 0.15) is 39.5 Å². The molecule has 132 valence electrons. The van der Waals surface area contributed by atoms with Gasteiger partial charge in [0.2, 0.25) is 5.91 Å². The molecule has 3 fully saturated rings. The first-order valence-corrected chi connectivity index (χ1v) is 10.1. The number of halogens is 1. The summed E-state index contributed by atoms with van der Waals surface area (Å²) in [6.45, 7) is 10.1. The van der Waals surface area contributed by atoms with E-state index < -0.39 is 0 Å². The number of nitrogens with zero attached hydrogens (tertiary/aromatic N) is 2. The van der Waals surface area contributed by atoms with Crippen molar-refractivity contribution in [1.29, 1.82) is 0 Å². The molecular formula is C17H31BrN4O. The van der Waals surface area contributed by atoms with Crippen molar-refractivity contribution in [2.75, 3.05) is 32.7 Å². The third-order valence-electron chi connectivity index (χ3n) is 6.30. The van der Waals surface area contributed by atoms with Gasteiger partial charge in [0.1, 0.15) is 4.83 Å². The number of carbonyl (C=O) groups excluding carboxylic acids is 1. The molecule has 3 aliphatic rings. The molecule has 5 nitrogen and oxygen atoms in total. The molecule has 2 heterocycles. The van der Waals surface area contributed by atoms with Gasteiger partial charge in [-0.1, -0.05) is 42.1 Å². The molecule has 3 rings (SSSR count). The number of alkyl halides is 1. The van der Waals surface area contributed by atoms with Crippen LogP contribution in [0.2, 0.25) is 0 Å². The number of piperazine rings is 1. The third-order valence-corrected chi connectivity index (χ3v) is 7.33. The van der Waals surface area contributed by atoms with Crippen LogP contribution >= 0.6 is 15.9 Å².